The maximum atomic E-state index is 9.55. The van der Waals surface area contributed by atoms with Gasteiger partial charge in [-0.05, 0) is 44.6 Å². The van der Waals surface area contributed by atoms with Gasteiger partial charge in [0.1, 0.15) is 0 Å². The van der Waals surface area contributed by atoms with Crippen molar-refractivity contribution in [1.29, 1.82) is 0 Å². The van der Waals surface area contributed by atoms with Crippen molar-refractivity contribution in [2.24, 2.45) is 0 Å². The Labute approximate surface area is 176 Å². The number of hydrogen-bond donors (Lipinski definition) is 2. The first-order valence-electron chi connectivity index (χ1n) is 10.00. The summed E-state index contributed by atoms with van der Waals surface area (Å²) >= 11 is 0. The minimum Gasteiger partial charge on any atom is -0.478 e. The zero-order valence-corrected chi connectivity index (χ0v) is 17.3. The molecule has 1 fully saturated rings. The van der Waals surface area contributed by atoms with Crippen LogP contribution in [0.5, 0.6) is 0 Å². The number of piperazine rings is 1. The summed E-state index contributed by atoms with van der Waals surface area (Å²) in [5, 5.41) is 20.1. The Morgan fingerprint density at radius 2 is 1.80 bits per heavy atom. The zero-order chi connectivity index (χ0) is 21.8. The number of rotatable bonds is 9. The molecule has 1 aliphatic heterocycles. The molecule has 2 aromatic rings. The van der Waals surface area contributed by atoms with E-state index in [9.17, 15) is 9.59 Å². The number of fused-ring (bicyclic) bond motifs is 1. The predicted molar refractivity (Wildman–Crippen MR) is 112 cm³/mol. The molecule has 2 N–H and O–H groups in total. The van der Waals surface area contributed by atoms with Crippen molar-refractivity contribution in [2.75, 3.05) is 46.4 Å². The van der Waals surface area contributed by atoms with Gasteiger partial charge in [0.05, 0.1) is 17.8 Å². The molecule has 2 aromatic heterocycles. The number of hydrogen-bond acceptors (Lipinski definition) is 6. The van der Waals surface area contributed by atoms with Crippen LogP contribution in [0.3, 0.4) is 0 Å². The van der Waals surface area contributed by atoms with Gasteiger partial charge in [-0.3, -0.25) is 0 Å². The Bertz CT molecular complexity index is 779. The third-order valence-corrected chi connectivity index (χ3v) is 4.65. The normalized spacial score (nSPS) is 15.2. The van der Waals surface area contributed by atoms with Crippen LogP contribution in [0.4, 0.5) is 0 Å². The van der Waals surface area contributed by atoms with Gasteiger partial charge in [0.15, 0.2) is 0 Å². The number of nitrogens with zero attached hydrogens (tertiary/aromatic N) is 4. The molecule has 30 heavy (non-hydrogen) atoms. The molecule has 0 amide bonds. The highest BCUT2D eigenvalue weighted by molar-refractivity contribution is 5.89. The SMILES string of the molecule is CN1CCN(CCCCOCc2cc3ccccn3n2)CC1.O=C(O)C=CC(=O)O. The number of carbonyl (C=O) groups is 2. The van der Waals surface area contributed by atoms with Crippen molar-refractivity contribution in [2.45, 2.75) is 19.4 Å². The summed E-state index contributed by atoms with van der Waals surface area (Å²) in [6.45, 7) is 7.44. The summed E-state index contributed by atoms with van der Waals surface area (Å²) in [4.78, 5) is 24.1. The molecular formula is C21H30N4O5. The van der Waals surface area contributed by atoms with Crippen molar-refractivity contribution >= 4 is 17.5 Å². The van der Waals surface area contributed by atoms with E-state index in [0.717, 1.165) is 24.2 Å². The fourth-order valence-electron chi connectivity index (χ4n) is 2.99. The average Bonchev–Trinajstić information content (AvgIpc) is 3.14. The van der Waals surface area contributed by atoms with Gasteiger partial charge in [0.2, 0.25) is 0 Å². The molecule has 0 aliphatic carbocycles. The molecule has 0 aromatic carbocycles. The van der Waals surface area contributed by atoms with E-state index in [-0.39, 0.29) is 0 Å². The third kappa shape index (κ3) is 9.17. The first kappa shape index (κ1) is 23.5. The van der Waals surface area contributed by atoms with Gasteiger partial charge in [-0.2, -0.15) is 5.10 Å². The fourth-order valence-corrected chi connectivity index (χ4v) is 2.99. The Hall–Kier alpha value is -2.75. The van der Waals surface area contributed by atoms with E-state index in [1.165, 1.54) is 39.1 Å². The van der Waals surface area contributed by atoms with E-state index >= 15 is 0 Å². The van der Waals surface area contributed by atoms with E-state index in [2.05, 4.69) is 34.1 Å². The van der Waals surface area contributed by atoms with Crippen LogP contribution in [0.25, 0.3) is 5.52 Å². The molecule has 0 radical (unpaired) electrons. The van der Waals surface area contributed by atoms with Crippen LogP contribution >= 0.6 is 0 Å². The molecule has 9 heteroatoms. The van der Waals surface area contributed by atoms with Crippen LogP contribution in [0.15, 0.2) is 42.6 Å². The van der Waals surface area contributed by atoms with Gasteiger partial charge in [0.25, 0.3) is 0 Å². The van der Waals surface area contributed by atoms with Crippen molar-refractivity contribution in [3.05, 3.63) is 48.3 Å². The van der Waals surface area contributed by atoms with E-state index in [1.807, 2.05) is 22.8 Å². The summed E-state index contributed by atoms with van der Waals surface area (Å²) in [6.07, 6.45) is 5.42. The minimum atomic E-state index is -1.26. The van der Waals surface area contributed by atoms with Crippen LogP contribution in [0.1, 0.15) is 18.5 Å². The Balaban J connectivity index is 0.000000343. The second kappa shape index (κ2) is 12.7. The Morgan fingerprint density at radius 3 is 2.43 bits per heavy atom. The smallest absolute Gasteiger partial charge is 0.328 e. The lowest BCUT2D eigenvalue weighted by Gasteiger charge is -2.32. The van der Waals surface area contributed by atoms with Gasteiger partial charge >= 0.3 is 11.9 Å². The molecule has 1 saturated heterocycles. The number of likely N-dealkylation sites (N-methyl/N-ethyl adjacent to an activating group) is 1. The molecular weight excluding hydrogens is 388 g/mol. The topological polar surface area (TPSA) is 108 Å². The number of aliphatic carboxylic acids is 2. The highest BCUT2D eigenvalue weighted by atomic mass is 16.5. The molecule has 164 valence electrons. The molecule has 3 heterocycles. The lowest BCUT2D eigenvalue weighted by molar-refractivity contribution is -0.134. The summed E-state index contributed by atoms with van der Waals surface area (Å²) in [7, 11) is 2.20. The average molecular weight is 418 g/mol. The van der Waals surface area contributed by atoms with Crippen LogP contribution in [-0.4, -0.2) is 87.9 Å². The van der Waals surface area contributed by atoms with E-state index in [0.29, 0.717) is 18.8 Å². The molecule has 1 aliphatic rings. The van der Waals surface area contributed by atoms with Crippen LogP contribution < -0.4 is 0 Å². The van der Waals surface area contributed by atoms with Gasteiger partial charge in [0, 0.05) is 51.1 Å². The van der Waals surface area contributed by atoms with Gasteiger partial charge in [-0.15, -0.1) is 0 Å². The predicted octanol–water partition coefficient (Wildman–Crippen LogP) is 1.59. The summed E-state index contributed by atoms with van der Waals surface area (Å²) in [5.74, 6) is -2.51. The van der Waals surface area contributed by atoms with E-state index < -0.39 is 11.9 Å². The zero-order valence-electron chi connectivity index (χ0n) is 17.3. The minimum absolute atomic E-state index is 0.558. The van der Waals surface area contributed by atoms with Gasteiger partial charge in [-0.1, -0.05) is 6.07 Å². The molecule has 3 rings (SSSR count). The number of carboxylic acid groups (broad SMARTS) is 2. The number of pyridine rings is 1. The summed E-state index contributed by atoms with van der Waals surface area (Å²) < 4.78 is 7.65. The summed E-state index contributed by atoms with van der Waals surface area (Å²) in [5.41, 5.74) is 2.13. The van der Waals surface area contributed by atoms with Crippen LogP contribution in [-0.2, 0) is 20.9 Å². The van der Waals surface area contributed by atoms with Gasteiger partial charge in [-0.25, -0.2) is 14.1 Å². The molecule has 0 unspecified atom stereocenters. The van der Waals surface area contributed by atoms with Crippen molar-refractivity contribution in [3.8, 4) is 0 Å². The first-order chi connectivity index (χ1) is 14.4. The monoisotopic (exact) mass is 418 g/mol. The quantitative estimate of drug-likeness (QED) is 0.467. The molecule has 0 saturated carbocycles. The lowest BCUT2D eigenvalue weighted by Crippen LogP contribution is -2.44. The second-order valence-corrected chi connectivity index (χ2v) is 7.12. The molecule has 9 nitrogen and oxygen atoms in total. The Morgan fingerprint density at radius 1 is 1.10 bits per heavy atom. The van der Waals surface area contributed by atoms with Gasteiger partial charge < -0.3 is 24.7 Å². The first-order valence-corrected chi connectivity index (χ1v) is 10.00. The van der Waals surface area contributed by atoms with E-state index in [1.54, 1.807) is 0 Å². The standard InChI is InChI=1S/C17H26N4O.C4H4O4/c1-19-9-11-20(12-10-19)7-4-5-13-22-15-16-14-17-6-2-3-8-21(17)18-16;5-3(6)1-2-4(7)8/h2-3,6,8,14H,4-5,7,9-13,15H2,1H3;1-2H,(H,5,6)(H,7,8). The summed E-state index contributed by atoms with van der Waals surface area (Å²) in [6, 6.07) is 8.17. The number of unbranched alkanes of at least 4 members (excludes halogenated alkanes) is 1. The highest BCUT2D eigenvalue weighted by Gasteiger charge is 2.12. The number of ether oxygens (including phenoxy) is 1. The maximum absolute atomic E-state index is 9.55. The van der Waals surface area contributed by atoms with Crippen LogP contribution in [0.2, 0.25) is 0 Å². The maximum Gasteiger partial charge on any atom is 0.328 e. The highest BCUT2D eigenvalue weighted by Crippen LogP contribution is 2.07. The molecule has 0 spiro atoms. The second-order valence-electron chi connectivity index (χ2n) is 7.12. The van der Waals surface area contributed by atoms with Crippen LogP contribution in [0, 0.1) is 0 Å². The molecule has 0 bridgehead atoms. The fraction of sp³-hybridized carbons (Fsp3) is 0.476. The molecule has 0 atom stereocenters. The van der Waals surface area contributed by atoms with Crippen molar-refractivity contribution in [1.82, 2.24) is 19.4 Å². The third-order valence-electron chi connectivity index (χ3n) is 4.65. The van der Waals surface area contributed by atoms with Crippen molar-refractivity contribution < 1.29 is 24.5 Å². The van der Waals surface area contributed by atoms with Crippen molar-refractivity contribution in [3.63, 3.8) is 0 Å². The Kier molecular flexibility index (Phi) is 9.99. The number of aromatic nitrogens is 2. The largest absolute Gasteiger partial charge is 0.478 e. The lowest BCUT2D eigenvalue weighted by atomic mass is 10.2. The number of carboxylic acids is 2. The van der Waals surface area contributed by atoms with E-state index in [4.69, 9.17) is 14.9 Å².